The molecule has 4 rings (SSSR count). The molecule has 28 heavy (non-hydrogen) atoms. The minimum Gasteiger partial charge on any atom is -0.440 e. The highest BCUT2D eigenvalue weighted by atomic mass is 32.2. The molecular weight excluding hydrogens is 372 g/mol. The van der Waals surface area contributed by atoms with E-state index in [0.717, 1.165) is 11.1 Å². The van der Waals surface area contributed by atoms with Crippen LogP contribution in [0.15, 0.2) is 94.2 Å². The fraction of sp³-hybridized carbons (Fsp3) is 0.0455. The molecule has 4 aromatic rings. The maximum absolute atomic E-state index is 12.1. The Hall–Kier alpha value is -3.22. The monoisotopic (exact) mass is 390 g/mol. The minimum atomic E-state index is -3.92. The number of rotatable bonds is 5. The predicted molar refractivity (Wildman–Crippen MR) is 108 cm³/mol. The van der Waals surface area contributed by atoms with Gasteiger partial charge >= 0.3 is 0 Å². The zero-order valence-corrected chi connectivity index (χ0v) is 15.8. The summed E-state index contributed by atoms with van der Waals surface area (Å²) >= 11 is 0. The predicted octanol–water partition coefficient (Wildman–Crippen LogP) is 4.25. The number of nitrogens with zero attached hydrogens (tertiary/aromatic N) is 1. The molecule has 0 aliphatic carbocycles. The Morgan fingerprint density at radius 1 is 0.821 bits per heavy atom. The summed E-state index contributed by atoms with van der Waals surface area (Å²) in [5.41, 5.74) is 2.87. The van der Waals surface area contributed by atoms with Crippen LogP contribution in [0.3, 0.4) is 0 Å². The summed E-state index contributed by atoms with van der Waals surface area (Å²) in [6.45, 7) is 0. The Kier molecular flexibility index (Phi) is 4.81. The van der Waals surface area contributed by atoms with Crippen LogP contribution in [0.2, 0.25) is 0 Å². The van der Waals surface area contributed by atoms with Gasteiger partial charge in [0.2, 0.25) is 10.0 Å². The van der Waals surface area contributed by atoms with E-state index in [9.17, 15) is 8.42 Å². The summed E-state index contributed by atoms with van der Waals surface area (Å²) in [5, 5.41) is 5.42. The van der Waals surface area contributed by atoms with E-state index in [-0.39, 0.29) is 4.90 Å². The molecule has 0 saturated carbocycles. The lowest BCUT2D eigenvalue weighted by molar-refractivity contribution is 0.518. The molecule has 140 valence electrons. The van der Waals surface area contributed by atoms with Crippen LogP contribution in [0.25, 0.3) is 22.6 Å². The highest BCUT2D eigenvalue weighted by molar-refractivity contribution is 7.89. The number of nitrogens with two attached hydrogens (primary N) is 1. The summed E-state index contributed by atoms with van der Waals surface area (Å²) in [7, 11) is -3.92. The zero-order valence-electron chi connectivity index (χ0n) is 14.9. The second-order valence-electron chi connectivity index (χ2n) is 6.35. The summed E-state index contributed by atoms with van der Waals surface area (Å²) < 4.78 is 30.2. The number of benzene rings is 3. The first-order valence-corrected chi connectivity index (χ1v) is 10.3. The molecule has 0 amide bonds. The Balaban J connectivity index is 1.89. The molecule has 0 unspecified atom stereocenters. The van der Waals surface area contributed by atoms with Crippen LogP contribution < -0.4 is 5.14 Å². The van der Waals surface area contributed by atoms with Crippen molar-refractivity contribution in [3.05, 3.63) is 96.4 Å². The van der Waals surface area contributed by atoms with E-state index in [1.165, 1.54) is 6.07 Å². The lowest BCUT2D eigenvalue weighted by Crippen LogP contribution is -2.13. The molecule has 5 nitrogen and oxygen atoms in total. The molecular formula is C22H18N2O3S. The number of hydrogen-bond acceptors (Lipinski definition) is 4. The van der Waals surface area contributed by atoms with Gasteiger partial charge in [-0.1, -0.05) is 72.8 Å². The summed E-state index contributed by atoms with van der Waals surface area (Å²) in [6.07, 6.45) is 0.498. The van der Waals surface area contributed by atoms with Crippen molar-refractivity contribution in [2.24, 2.45) is 5.14 Å². The summed E-state index contributed by atoms with van der Waals surface area (Å²) in [5.74, 6) is 0.894. The molecule has 0 bridgehead atoms. The number of sulfonamides is 1. The molecule has 0 aliphatic rings. The summed E-state index contributed by atoms with van der Waals surface area (Å²) in [6, 6.07) is 25.9. The quantitative estimate of drug-likeness (QED) is 0.552. The molecule has 0 radical (unpaired) electrons. The van der Waals surface area contributed by atoms with Crippen LogP contribution in [-0.4, -0.2) is 13.4 Å². The third kappa shape index (κ3) is 3.74. The Morgan fingerprint density at radius 3 is 2.11 bits per heavy atom. The van der Waals surface area contributed by atoms with Crippen LogP contribution in [0.1, 0.15) is 11.5 Å². The molecule has 0 saturated heterocycles. The van der Waals surface area contributed by atoms with Gasteiger partial charge in [0.05, 0.1) is 4.90 Å². The van der Waals surface area contributed by atoms with Crippen molar-refractivity contribution in [1.29, 1.82) is 0 Å². The van der Waals surface area contributed by atoms with E-state index in [0.29, 0.717) is 29.3 Å². The first-order valence-electron chi connectivity index (χ1n) is 8.73. The average Bonchev–Trinajstić information content (AvgIpc) is 3.12. The Bertz CT molecular complexity index is 1200. The number of oxazole rings is 1. The lowest BCUT2D eigenvalue weighted by atomic mass is 10.1. The molecule has 0 spiro atoms. The van der Waals surface area contributed by atoms with Gasteiger partial charge in [0.25, 0.3) is 0 Å². The van der Waals surface area contributed by atoms with Crippen molar-refractivity contribution in [1.82, 2.24) is 4.98 Å². The normalized spacial score (nSPS) is 11.5. The van der Waals surface area contributed by atoms with Crippen molar-refractivity contribution < 1.29 is 12.8 Å². The van der Waals surface area contributed by atoms with E-state index < -0.39 is 10.0 Å². The van der Waals surface area contributed by atoms with Crippen molar-refractivity contribution in [3.8, 4) is 22.6 Å². The molecule has 1 heterocycles. The van der Waals surface area contributed by atoms with E-state index in [4.69, 9.17) is 9.56 Å². The Labute approximate surface area is 163 Å². The van der Waals surface area contributed by atoms with Gasteiger partial charge in [-0.2, -0.15) is 0 Å². The lowest BCUT2D eigenvalue weighted by Gasteiger charge is -2.06. The first-order chi connectivity index (χ1) is 13.5. The SMILES string of the molecule is NS(=O)(=O)c1ccccc1-c1oc(Cc2ccccc2)nc1-c1ccccc1. The van der Waals surface area contributed by atoms with Gasteiger partial charge < -0.3 is 4.42 Å². The first kappa shape index (κ1) is 18.2. The largest absolute Gasteiger partial charge is 0.440 e. The third-order valence-electron chi connectivity index (χ3n) is 4.36. The molecule has 3 aromatic carbocycles. The maximum atomic E-state index is 12.1. The van der Waals surface area contributed by atoms with Crippen LogP contribution in [0, 0.1) is 0 Å². The molecule has 0 atom stereocenters. The van der Waals surface area contributed by atoms with E-state index in [2.05, 4.69) is 4.98 Å². The van der Waals surface area contributed by atoms with Crippen LogP contribution in [0.5, 0.6) is 0 Å². The minimum absolute atomic E-state index is 0.00888. The van der Waals surface area contributed by atoms with Gasteiger partial charge in [-0.05, 0) is 17.7 Å². The topological polar surface area (TPSA) is 86.2 Å². The molecule has 1 aromatic heterocycles. The smallest absolute Gasteiger partial charge is 0.238 e. The van der Waals surface area contributed by atoms with Gasteiger partial charge in [0.15, 0.2) is 11.7 Å². The molecule has 6 heteroatoms. The fourth-order valence-electron chi connectivity index (χ4n) is 3.09. The molecule has 2 N–H and O–H groups in total. The summed E-state index contributed by atoms with van der Waals surface area (Å²) in [4.78, 5) is 4.68. The average molecular weight is 390 g/mol. The van der Waals surface area contributed by atoms with Crippen molar-refractivity contribution in [2.45, 2.75) is 11.3 Å². The number of aromatic nitrogens is 1. The van der Waals surface area contributed by atoms with Crippen molar-refractivity contribution >= 4 is 10.0 Å². The molecule has 0 aliphatic heterocycles. The van der Waals surface area contributed by atoms with Gasteiger partial charge in [-0.3, -0.25) is 0 Å². The van der Waals surface area contributed by atoms with Gasteiger partial charge in [0, 0.05) is 17.5 Å². The second-order valence-corrected chi connectivity index (χ2v) is 7.88. The van der Waals surface area contributed by atoms with Crippen LogP contribution in [0.4, 0.5) is 0 Å². The third-order valence-corrected chi connectivity index (χ3v) is 5.32. The second kappa shape index (κ2) is 7.42. The Morgan fingerprint density at radius 2 is 1.43 bits per heavy atom. The number of hydrogen-bond donors (Lipinski definition) is 1. The van der Waals surface area contributed by atoms with E-state index in [1.54, 1.807) is 18.2 Å². The number of primary sulfonamides is 1. The van der Waals surface area contributed by atoms with Crippen molar-refractivity contribution in [2.75, 3.05) is 0 Å². The van der Waals surface area contributed by atoms with Gasteiger partial charge in [-0.15, -0.1) is 0 Å². The fourth-order valence-corrected chi connectivity index (χ4v) is 3.82. The van der Waals surface area contributed by atoms with Gasteiger partial charge in [0.1, 0.15) is 5.69 Å². The highest BCUT2D eigenvalue weighted by Gasteiger charge is 2.23. The maximum Gasteiger partial charge on any atom is 0.238 e. The standard InChI is InChI=1S/C22H18N2O3S/c23-28(25,26)19-14-8-7-13-18(19)22-21(17-11-5-2-6-12-17)24-20(27-22)15-16-9-3-1-4-10-16/h1-14H,15H2,(H2,23,25,26). The highest BCUT2D eigenvalue weighted by Crippen LogP contribution is 2.36. The molecule has 0 fully saturated rings. The van der Waals surface area contributed by atoms with Gasteiger partial charge in [-0.25, -0.2) is 18.5 Å². The van der Waals surface area contributed by atoms with Crippen LogP contribution >= 0.6 is 0 Å². The van der Waals surface area contributed by atoms with Crippen molar-refractivity contribution in [3.63, 3.8) is 0 Å². The van der Waals surface area contributed by atoms with E-state index in [1.807, 2.05) is 60.7 Å². The van der Waals surface area contributed by atoms with E-state index >= 15 is 0 Å². The zero-order chi connectivity index (χ0) is 19.6. The van der Waals surface area contributed by atoms with Crippen LogP contribution in [-0.2, 0) is 16.4 Å².